The van der Waals surface area contributed by atoms with Gasteiger partial charge in [0, 0.05) is 37.6 Å². The molecular formula is C19H27N5O3S. The Balaban J connectivity index is 2.16. The first-order chi connectivity index (χ1) is 13.3. The lowest BCUT2D eigenvalue weighted by molar-refractivity contribution is -0.112. The van der Waals surface area contributed by atoms with Gasteiger partial charge in [0.15, 0.2) is 0 Å². The molecule has 1 amide bonds. The first-order valence-electron chi connectivity index (χ1n) is 9.05. The summed E-state index contributed by atoms with van der Waals surface area (Å²) in [6.45, 7) is 8.65. The Bertz CT molecular complexity index is 866. The van der Waals surface area contributed by atoms with Gasteiger partial charge in [0.1, 0.15) is 11.5 Å². The van der Waals surface area contributed by atoms with Gasteiger partial charge < -0.3 is 16.0 Å². The van der Waals surface area contributed by atoms with E-state index >= 15 is 0 Å². The lowest BCUT2D eigenvalue weighted by Crippen LogP contribution is -2.50. The van der Waals surface area contributed by atoms with Gasteiger partial charge in [-0.05, 0) is 32.1 Å². The fraction of sp³-hybridized carbons (Fsp3) is 0.368. The van der Waals surface area contributed by atoms with Crippen LogP contribution in [0.5, 0.6) is 0 Å². The van der Waals surface area contributed by atoms with Crippen molar-refractivity contribution in [3.63, 3.8) is 0 Å². The van der Waals surface area contributed by atoms with Gasteiger partial charge in [0.05, 0.1) is 5.75 Å². The molecule has 0 saturated carbocycles. The number of carbonyl (C=O) groups excluding carboxylic acids is 1. The number of piperazine rings is 1. The van der Waals surface area contributed by atoms with Gasteiger partial charge in [-0.25, -0.2) is 13.4 Å². The number of nitrogens with one attached hydrogen (secondary N) is 1. The lowest BCUT2D eigenvalue weighted by atomic mass is 10.2. The molecule has 0 aromatic heterocycles. The Morgan fingerprint density at radius 3 is 2.36 bits per heavy atom. The van der Waals surface area contributed by atoms with Crippen molar-refractivity contribution in [2.75, 3.05) is 37.2 Å². The van der Waals surface area contributed by atoms with E-state index in [4.69, 9.17) is 5.73 Å². The van der Waals surface area contributed by atoms with E-state index < -0.39 is 15.9 Å². The minimum atomic E-state index is -3.21. The van der Waals surface area contributed by atoms with Gasteiger partial charge in [-0.2, -0.15) is 4.31 Å². The molecule has 1 aliphatic rings. The molecule has 1 fully saturated rings. The van der Waals surface area contributed by atoms with Crippen LogP contribution >= 0.6 is 0 Å². The third-order valence-electron chi connectivity index (χ3n) is 4.35. The quantitative estimate of drug-likeness (QED) is 0.422. The summed E-state index contributed by atoms with van der Waals surface area (Å²) >= 11 is 0. The molecule has 0 unspecified atom stereocenters. The zero-order chi connectivity index (χ0) is 20.7. The average molecular weight is 406 g/mol. The van der Waals surface area contributed by atoms with Crippen LogP contribution in [0.25, 0.3) is 0 Å². The van der Waals surface area contributed by atoms with Crippen LogP contribution < -0.4 is 11.1 Å². The van der Waals surface area contributed by atoms with Crippen molar-refractivity contribution in [1.29, 1.82) is 0 Å². The molecule has 1 aromatic rings. The number of rotatable bonds is 6. The van der Waals surface area contributed by atoms with Crippen LogP contribution in [-0.4, -0.2) is 61.3 Å². The maximum atomic E-state index is 12.6. The zero-order valence-electron chi connectivity index (χ0n) is 16.3. The minimum absolute atomic E-state index is 0.0777. The molecule has 28 heavy (non-hydrogen) atoms. The average Bonchev–Trinajstić information content (AvgIpc) is 2.69. The number of amidine groups is 1. The van der Waals surface area contributed by atoms with E-state index in [1.54, 1.807) is 32.1 Å². The molecular weight excluding hydrogens is 378 g/mol. The summed E-state index contributed by atoms with van der Waals surface area (Å²) in [5.74, 6) is 0.142. The van der Waals surface area contributed by atoms with Crippen LogP contribution in [0.1, 0.15) is 13.8 Å². The van der Waals surface area contributed by atoms with Crippen molar-refractivity contribution >= 4 is 27.5 Å². The topological polar surface area (TPSA) is 108 Å². The Hall–Kier alpha value is -2.65. The Morgan fingerprint density at radius 2 is 1.86 bits per heavy atom. The molecule has 0 spiro atoms. The smallest absolute Gasteiger partial charge is 0.276 e. The van der Waals surface area contributed by atoms with E-state index in [1.807, 2.05) is 23.1 Å². The molecule has 1 aliphatic heterocycles. The maximum Gasteiger partial charge on any atom is 0.276 e. The van der Waals surface area contributed by atoms with E-state index in [1.165, 1.54) is 4.31 Å². The van der Waals surface area contributed by atoms with Gasteiger partial charge in [-0.1, -0.05) is 24.8 Å². The van der Waals surface area contributed by atoms with Crippen molar-refractivity contribution in [2.45, 2.75) is 13.8 Å². The molecule has 0 radical (unpaired) electrons. The number of amides is 1. The van der Waals surface area contributed by atoms with Crippen LogP contribution in [0.2, 0.25) is 0 Å². The predicted molar refractivity (Wildman–Crippen MR) is 112 cm³/mol. The number of aliphatic imine (C=N–C) groups is 1. The van der Waals surface area contributed by atoms with Crippen molar-refractivity contribution < 1.29 is 13.2 Å². The fourth-order valence-electron chi connectivity index (χ4n) is 2.77. The normalized spacial score (nSPS) is 17.1. The van der Waals surface area contributed by atoms with E-state index in [0.717, 1.165) is 0 Å². The summed E-state index contributed by atoms with van der Waals surface area (Å²) in [7, 11) is -3.21. The summed E-state index contributed by atoms with van der Waals surface area (Å²) in [4.78, 5) is 18.9. The SMILES string of the molecule is C=CC(=N/C(C(=O)Nc1ccccc1)=C(\C)N)N1CCN(S(=O)(=O)CC)CC1. The van der Waals surface area contributed by atoms with Crippen LogP contribution in [-0.2, 0) is 14.8 Å². The summed E-state index contributed by atoms with van der Waals surface area (Å²) < 4.78 is 25.5. The number of benzene rings is 1. The zero-order valence-corrected chi connectivity index (χ0v) is 17.1. The van der Waals surface area contributed by atoms with Crippen molar-refractivity contribution in [1.82, 2.24) is 9.21 Å². The molecule has 3 N–H and O–H groups in total. The molecule has 0 bridgehead atoms. The summed E-state index contributed by atoms with van der Waals surface area (Å²) in [5, 5.41) is 2.77. The Morgan fingerprint density at radius 1 is 1.25 bits per heavy atom. The highest BCUT2D eigenvalue weighted by molar-refractivity contribution is 7.89. The van der Waals surface area contributed by atoms with E-state index in [-0.39, 0.29) is 17.1 Å². The second-order valence-electron chi connectivity index (χ2n) is 6.31. The number of nitrogens with zero attached hydrogens (tertiary/aromatic N) is 3. The number of carbonyl (C=O) groups is 1. The molecule has 0 aliphatic carbocycles. The van der Waals surface area contributed by atoms with Crippen LogP contribution in [0.3, 0.4) is 0 Å². The fourth-order valence-corrected chi connectivity index (χ4v) is 3.85. The molecule has 8 nitrogen and oxygen atoms in total. The van der Waals surface area contributed by atoms with Gasteiger partial charge in [0.2, 0.25) is 10.0 Å². The maximum absolute atomic E-state index is 12.6. The number of hydrogen-bond acceptors (Lipinski definition) is 5. The second kappa shape index (κ2) is 9.52. The first kappa shape index (κ1) is 21.6. The Kier molecular flexibility index (Phi) is 7.36. The number of anilines is 1. The monoisotopic (exact) mass is 405 g/mol. The lowest BCUT2D eigenvalue weighted by Gasteiger charge is -2.35. The van der Waals surface area contributed by atoms with E-state index in [2.05, 4.69) is 16.9 Å². The molecule has 1 heterocycles. The number of hydrogen-bond donors (Lipinski definition) is 2. The highest BCUT2D eigenvalue weighted by Gasteiger charge is 2.26. The largest absolute Gasteiger partial charge is 0.400 e. The van der Waals surface area contributed by atoms with Gasteiger partial charge in [-0.3, -0.25) is 4.79 Å². The third-order valence-corrected chi connectivity index (χ3v) is 6.23. The predicted octanol–water partition coefficient (Wildman–Crippen LogP) is 1.37. The van der Waals surface area contributed by atoms with Gasteiger partial charge >= 0.3 is 0 Å². The first-order valence-corrected chi connectivity index (χ1v) is 10.7. The highest BCUT2D eigenvalue weighted by atomic mass is 32.2. The number of para-hydroxylation sites is 1. The van der Waals surface area contributed by atoms with E-state index in [9.17, 15) is 13.2 Å². The molecule has 1 aromatic carbocycles. The van der Waals surface area contributed by atoms with Crippen LogP contribution in [0, 0.1) is 0 Å². The van der Waals surface area contributed by atoms with Crippen LogP contribution in [0.15, 0.2) is 59.4 Å². The standard InChI is InChI=1S/C19H27N5O3S/c1-4-17(23-11-13-24(14-12-23)28(26,27)5-2)22-18(15(3)20)19(25)21-16-9-7-6-8-10-16/h4,6-10H,1,5,11-14,20H2,2-3H3,(H,21,25)/b18-15+,22-17?. The number of sulfonamides is 1. The molecule has 152 valence electrons. The Labute approximate surface area is 166 Å². The van der Waals surface area contributed by atoms with Crippen molar-refractivity contribution in [2.24, 2.45) is 10.7 Å². The highest BCUT2D eigenvalue weighted by Crippen LogP contribution is 2.13. The molecule has 2 rings (SSSR count). The summed E-state index contributed by atoms with van der Waals surface area (Å²) in [6.07, 6.45) is 1.54. The van der Waals surface area contributed by atoms with Crippen LogP contribution in [0.4, 0.5) is 5.69 Å². The summed E-state index contributed by atoms with van der Waals surface area (Å²) in [6, 6.07) is 9.03. The number of allylic oxidation sites excluding steroid dienone is 1. The van der Waals surface area contributed by atoms with Crippen molar-refractivity contribution in [3.8, 4) is 0 Å². The minimum Gasteiger partial charge on any atom is -0.400 e. The number of nitrogens with two attached hydrogens (primary N) is 1. The van der Waals surface area contributed by atoms with Gasteiger partial charge in [0.25, 0.3) is 5.91 Å². The second-order valence-corrected chi connectivity index (χ2v) is 8.57. The molecule has 0 atom stereocenters. The van der Waals surface area contributed by atoms with E-state index in [0.29, 0.717) is 37.7 Å². The van der Waals surface area contributed by atoms with Crippen molar-refractivity contribution in [3.05, 3.63) is 54.4 Å². The molecule has 1 saturated heterocycles. The molecule has 9 heteroatoms. The third kappa shape index (κ3) is 5.43. The summed E-state index contributed by atoms with van der Waals surface area (Å²) in [5.41, 5.74) is 6.91. The van der Waals surface area contributed by atoms with Gasteiger partial charge in [-0.15, -0.1) is 0 Å².